The number of hydrogen-bond donors (Lipinski definition) is 0. The fourth-order valence-electron chi connectivity index (χ4n) is 2.63. The van der Waals surface area contributed by atoms with Gasteiger partial charge in [-0.1, -0.05) is 59.6 Å². The van der Waals surface area contributed by atoms with Crippen LogP contribution in [0.5, 0.6) is 0 Å². The van der Waals surface area contributed by atoms with Crippen LogP contribution in [-0.4, -0.2) is 13.1 Å². The number of halogens is 2. The van der Waals surface area contributed by atoms with E-state index in [0.29, 0.717) is 10.0 Å². The zero-order valence-electron chi connectivity index (χ0n) is 12.3. The zero-order chi connectivity index (χ0) is 16.4. The summed E-state index contributed by atoms with van der Waals surface area (Å²) in [6, 6.07) is 15.2. The molecule has 1 aliphatic rings. The quantitative estimate of drug-likeness (QED) is 0.739. The normalized spacial score (nSPS) is 19.9. The Morgan fingerprint density at radius 1 is 1.04 bits per heavy atom. The first-order valence-electron chi connectivity index (χ1n) is 7.07. The van der Waals surface area contributed by atoms with Crippen LogP contribution in [0.2, 0.25) is 10.0 Å². The summed E-state index contributed by atoms with van der Waals surface area (Å²) in [5.74, 6) is -0.395. The molecule has 0 unspecified atom stereocenters. The van der Waals surface area contributed by atoms with Crippen LogP contribution in [0.3, 0.4) is 0 Å². The van der Waals surface area contributed by atoms with Crippen molar-refractivity contribution in [1.82, 2.24) is 0 Å². The van der Waals surface area contributed by atoms with Crippen molar-refractivity contribution in [3.8, 4) is 0 Å². The van der Waals surface area contributed by atoms with Gasteiger partial charge in [-0.3, -0.25) is 0 Å². The van der Waals surface area contributed by atoms with Gasteiger partial charge in [-0.2, -0.15) is 0 Å². The first-order chi connectivity index (χ1) is 11.1. The van der Waals surface area contributed by atoms with Gasteiger partial charge in [0.05, 0.1) is 17.2 Å². The number of ether oxygens (including phenoxy) is 2. The molecule has 0 radical (unpaired) electrons. The Hall–Kier alpha value is -1.97. The van der Waals surface area contributed by atoms with Crippen LogP contribution in [-0.2, 0) is 14.3 Å². The Balaban J connectivity index is 2.01. The molecule has 23 heavy (non-hydrogen) atoms. The van der Waals surface area contributed by atoms with Crippen LogP contribution in [0, 0.1) is 0 Å². The van der Waals surface area contributed by atoms with E-state index in [0.717, 1.165) is 11.1 Å². The highest BCUT2D eigenvalue weighted by molar-refractivity contribution is 6.42. The Labute approximate surface area is 144 Å². The van der Waals surface area contributed by atoms with Crippen LogP contribution >= 0.6 is 23.2 Å². The maximum atomic E-state index is 11.8. The summed E-state index contributed by atoms with van der Waals surface area (Å²) in [6.07, 6.45) is 1.43. The number of carbonyl (C=O) groups is 1. The highest BCUT2D eigenvalue weighted by Crippen LogP contribution is 2.43. The summed E-state index contributed by atoms with van der Waals surface area (Å²) in [6.45, 7) is 0. The van der Waals surface area contributed by atoms with Gasteiger partial charge >= 0.3 is 5.97 Å². The molecule has 0 saturated carbocycles. The lowest BCUT2D eigenvalue weighted by Gasteiger charge is -2.20. The molecule has 0 fully saturated rings. The number of methoxy groups -OCH3 is 1. The van der Waals surface area contributed by atoms with E-state index in [9.17, 15) is 4.79 Å². The summed E-state index contributed by atoms with van der Waals surface area (Å²) in [5, 5.41) is 0.928. The summed E-state index contributed by atoms with van der Waals surface area (Å²) in [5.41, 5.74) is 1.89. The Bertz CT molecular complexity index is 756. The van der Waals surface area contributed by atoms with Gasteiger partial charge in [0.25, 0.3) is 0 Å². The molecule has 0 saturated heterocycles. The average Bonchev–Trinajstić information content (AvgIpc) is 3.03. The third kappa shape index (κ3) is 3.21. The molecule has 2 atom stereocenters. The number of carbonyl (C=O) groups excluding carboxylic acids is 1. The minimum absolute atomic E-state index is 0.109. The summed E-state index contributed by atoms with van der Waals surface area (Å²) < 4.78 is 10.6. The fraction of sp³-hybridized carbons (Fsp3) is 0.167. The van der Waals surface area contributed by atoms with E-state index < -0.39 is 5.97 Å². The third-order valence-electron chi connectivity index (χ3n) is 3.75. The van der Waals surface area contributed by atoms with Gasteiger partial charge in [0.1, 0.15) is 6.10 Å². The monoisotopic (exact) mass is 348 g/mol. The molecule has 1 heterocycles. The average molecular weight is 349 g/mol. The predicted molar refractivity (Wildman–Crippen MR) is 89.6 cm³/mol. The topological polar surface area (TPSA) is 35.5 Å². The largest absolute Gasteiger partial charge is 0.478 e. The molecule has 5 heteroatoms. The van der Waals surface area contributed by atoms with Crippen molar-refractivity contribution in [1.29, 1.82) is 0 Å². The predicted octanol–water partition coefficient (Wildman–Crippen LogP) is 4.91. The van der Waals surface area contributed by atoms with E-state index in [1.165, 1.54) is 7.11 Å². The Morgan fingerprint density at radius 2 is 1.78 bits per heavy atom. The molecular formula is C18H14Cl2O3. The first-order valence-corrected chi connectivity index (χ1v) is 7.82. The molecule has 3 rings (SSSR count). The zero-order valence-corrected chi connectivity index (χ0v) is 13.8. The second kappa shape index (κ2) is 6.65. The molecular weight excluding hydrogens is 335 g/mol. The van der Waals surface area contributed by atoms with Gasteiger partial charge in [-0.25, -0.2) is 4.79 Å². The summed E-state index contributed by atoms with van der Waals surface area (Å²) in [7, 11) is 1.33. The van der Waals surface area contributed by atoms with Crippen LogP contribution < -0.4 is 0 Å². The maximum Gasteiger partial charge on any atom is 0.373 e. The Kier molecular flexibility index (Phi) is 4.60. The van der Waals surface area contributed by atoms with E-state index in [-0.39, 0.29) is 17.8 Å². The lowest BCUT2D eigenvalue weighted by Crippen LogP contribution is -2.09. The molecule has 0 spiro atoms. The van der Waals surface area contributed by atoms with Gasteiger partial charge < -0.3 is 9.47 Å². The van der Waals surface area contributed by atoms with Gasteiger partial charge in [0.2, 0.25) is 5.76 Å². The smallest absolute Gasteiger partial charge is 0.373 e. The van der Waals surface area contributed by atoms with Crippen LogP contribution in [0.4, 0.5) is 0 Å². The highest BCUT2D eigenvalue weighted by atomic mass is 35.5. The standard InChI is InChI=1S/C18H14Cl2O3/c1-22-18(21)16-10-13(11-5-3-2-4-6-11)17(23-16)12-7-8-14(19)15(20)9-12/h2-10,13,17H,1H3/t13-,17+/m0/s1. The minimum atomic E-state index is -0.492. The van der Waals surface area contributed by atoms with Crippen LogP contribution in [0.15, 0.2) is 60.4 Å². The second-order valence-corrected chi connectivity index (χ2v) is 5.99. The number of benzene rings is 2. The van der Waals surface area contributed by atoms with Crippen LogP contribution in [0.1, 0.15) is 23.1 Å². The van der Waals surface area contributed by atoms with E-state index in [2.05, 4.69) is 0 Å². The molecule has 1 aliphatic heterocycles. The second-order valence-electron chi connectivity index (χ2n) is 5.17. The van der Waals surface area contributed by atoms with E-state index in [1.54, 1.807) is 18.2 Å². The number of rotatable bonds is 3. The van der Waals surface area contributed by atoms with E-state index >= 15 is 0 Å². The maximum absolute atomic E-state index is 11.8. The van der Waals surface area contributed by atoms with Gasteiger partial charge in [0, 0.05) is 5.92 Å². The molecule has 2 aromatic carbocycles. The lowest BCUT2D eigenvalue weighted by atomic mass is 9.90. The molecule has 0 bridgehead atoms. The van der Waals surface area contributed by atoms with Crippen molar-refractivity contribution in [3.63, 3.8) is 0 Å². The molecule has 0 aliphatic carbocycles. The molecule has 3 nitrogen and oxygen atoms in total. The molecule has 0 N–H and O–H groups in total. The van der Waals surface area contributed by atoms with Crippen molar-refractivity contribution in [3.05, 3.63) is 81.5 Å². The van der Waals surface area contributed by atoms with Crippen molar-refractivity contribution >= 4 is 29.2 Å². The molecule has 0 aromatic heterocycles. The van der Waals surface area contributed by atoms with Crippen molar-refractivity contribution < 1.29 is 14.3 Å². The van der Waals surface area contributed by atoms with Gasteiger partial charge in [-0.05, 0) is 29.3 Å². The number of esters is 1. The summed E-state index contributed by atoms with van der Waals surface area (Å²) in [4.78, 5) is 11.8. The van der Waals surface area contributed by atoms with Crippen molar-refractivity contribution in [2.75, 3.05) is 7.11 Å². The highest BCUT2D eigenvalue weighted by Gasteiger charge is 2.35. The first kappa shape index (κ1) is 15.9. The fourth-order valence-corrected chi connectivity index (χ4v) is 2.93. The lowest BCUT2D eigenvalue weighted by molar-refractivity contribution is -0.140. The SMILES string of the molecule is COC(=O)C1=C[C@@H](c2ccccc2)[C@@H](c2ccc(Cl)c(Cl)c2)O1. The molecule has 0 amide bonds. The minimum Gasteiger partial charge on any atom is -0.478 e. The van der Waals surface area contributed by atoms with E-state index in [4.69, 9.17) is 32.7 Å². The van der Waals surface area contributed by atoms with Gasteiger partial charge in [0.15, 0.2) is 0 Å². The molecule has 118 valence electrons. The Morgan fingerprint density at radius 3 is 2.43 bits per heavy atom. The van der Waals surface area contributed by atoms with Crippen LogP contribution in [0.25, 0.3) is 0 Å². The van der Waals surface area contributed by atoms with Gasteiger partial charge in [-0.15, -0.1) is 0 Å². The number of hydrogen-bond acceptors (Lipinski definition) is 3. The summed E-state index contributed by atoms with van der Waals surface area (Å²) >= 11 is 12.1. The third-order valence-corrected chi connectivity index (χ3v) is 4.49. The van der Waals surface area contributed by atoms with Crippen molar-refractivity contribution in [2.45, 2.75) is 12.0 Å². The van der Waals surface area contributed by atoms with E-state index in [1.807, 2.05) is 36.4 Å². The molecule has 2 aromatic rings. The van der Waals surface area contributed by atoms with Crippen molar-refractivity contribution in [2.24, 2.45) is 0 Å².